The van der Waals surface area contributed by atoms with Crippen LogP contribution in [-0.4, -0.2) is 50.1 Å². The second-order valence-electron chi connectivity index (χ2n) is 6.89. The molecule has 0 aromatic heterocycles. The van der Waals surface area contributed by atoms with Crippen molar-refractivity contribution in [2.45, 2.75) is 27.2 Å². The van der Waals surface area contributed by atoms with E-state index in [1.807, 2.05) is 32.0 Å². The fourth-order valence-corrected chi connectivity index (χ4v) is 3.06. The van der Waals surface area contributed by atoms with Crippen LogP contribution in [-0.2, 0) is 4.79 Å². The molecule has 0 radical (unpaired) electrons. The monoisotopic (exact) mass is 355 g/mol. The van der Waals surface area contributed by atoms with Gasteiger partial charge < -0.3 is 15.8 Å². The molecule has 1 amide bonds. The summed E-state index contributed by atoms with van der Waals surface area (Å²) >= 11 is 0. The Bertz CT molecular complexity index is 533. The molecule has 0 spiro atoms. The van der Waals surface area contributed by atoms with E-state index in [2.05, 4.69) is 17.1 Å². The maximum absolute atomic E-state index is 12.0. The third-order valence-electron chi connectivity index (χ3n) is 4.58. The number of para-hydroxylation sites is 1. The zero-order valence-corrected chi connectivity index (χ0v) is 15.7. The Hall–Kier alpha value is -1.30. The van der Waals surface area contributed by atoms with E-state index in [0.717, 1.165) is 36.4 Å². The normalized spacial score (nSPS) is 20.5. The number of rotatable bonds is 7. The van der Waals surface area contributed by atoms with Crippen LogP contribution < -0.4 is 15.8 Å². The molecular formula is C18H30ClN3O2. The third-order valence-corrected chi connectivity index (χ3v) is 4.58. The van der Waals surface area contributed by atoms with Gasteiger partial charge in [-0.1, -0.05) is 25.1 Å². The van der Waals surface area contributed by atoms with Crippen LogP contribution in [0.5, 0.6) is 5.75 Å². The standard InChI is InChI=1S/C18H29N3O2.ClH/c1-14-5-4-6-15(2)17(14)23-10-8-20-16(22)11-21-9-7-18(3,12-19)13-21;/h4-6H,7-13,19H2,1-3H3,(H,20,22);1H. The molecule has 1 saturated heterocycles. The van der Waals surface area contributed by atoms with Gasteiger partial charge in [-0.2, -0.15) is 0 Å². The fraction of sp³-hybridized carbons (Fsp3) is 0.611. The first-order valence-corrected chi connectivity index (χ1v) is 8.32. The van der Waals surface area contributed by atoms with Crippen LogP contribution in [0.1, 0.15) is 24.5 Å². The van der Waals surface area contributed by atoms with E-state index in [1.54, 1.807) is 0 Å². The summed E-state index contributed by atoms with van der Waals surface area (Å²) in [6.07, 6.45) is 1.06. The van der Waals surface area contributed by atoms with Crippen molar-refractivity contribution < 1.29 is 9.53 Å². The molecule has 1 aliphatic heterocycles. The highest BCUT2D eigenvalue weighted by Gasteiger charge is 2.32. The van der Waals surface area contributed by atoms with E-state index in [1.165, 1.54) is 0 Å². The van der Waals surface area contributed by atoms with Crippen LogP contribution in [0.2, 0.25) is 0 Å². The summed E-state index contributed by atoms with van der Waals surface area (Å²) in [4.78, 5) is 14.2. The number of hydrogen-bond acceptors (Lipinski definition) is 4. The number of nitrogens with two attached hydrogens (primary N) is 1. The molecule has 0 bridgehead atoms. The number of aryl methyl sites for hydroxylation is 2. The summed E-state index contributed by atoms with van der Waals surface area (Å²) in [7, 11) is 0. The highest BCUT2D eigenvalue weighted by atomic mass is 35.5. The molecule has 1 aromatic rings. The first-order chi connectivity index (χ1) is 10.9. The minimum Gasteiger partial charge on any atom is -0.491 e. The molecule has 0 aliphatic carbocycles. The maximum atomic E-state index is 12.0. The number of carbonyl (C=O) groups excluding carboxylic acids is 1. The van der Waals surface area contributed by atoms with Crippen molar-refractivity contribution in [1.29, 1.82) is 0 Å². The van der Waals surface area contributed by atoms with E-state index in [9.17, 15) is 4.79 Å². The topological polar surface area (TPSA) is 67.6 Å². The Morgan fingerprint density at radius 1 is 1.38 bits per heavy atom. The van der Waals surface area contributed by atoms with Crippen molar-refractivity contribution in [3.63, 3.8) is 0 Å². The average molecular weight is 356 g/mol. The molecule has 0 saturated carbocycles. The summed E-state index contributed by atoms with van der Waals surface area (Å²) < 4.78 is 5.79. The Balaban J connectivity index is 0.00000288. The lowest BCUT2D eigenvalue weighted by Gasteiger charge is -2.22. The van der Waals surface area contributed by atoms with Crippen molar-refractivity contribution in [1.82, 2.24) is 10.2 Å². The number of hydrogen-bond donors (Lipinski definition) is 2. The van der Waals surface area contributed by atoms with Gasteiger partial charge in [-0.05, 0) is 49.9 Å². The van der Waals surface area contributed by atoms with Gasteiger partial charge >= 0.3 is 0 Å². The molecule has 1 aliphatic rings. The van der Waals surface area contributed by atoms with Crippen molar-refractivity contribution >= 4 is 18.3 Å². The first kappa shape index (κ1) is 20.7. The number of benzene rings is 1. The van der Waals surface area contributed by atoms with Crippen LogP contribution in [0.25, 0.3) is 0 Å². The van der Waals surface area contributed by atoms with Crippen LogP contribution in [0, 0.1) is 19.3 Å². The Labute approximate surface area is 151 Å². The first-order valence-electron chi connectivity index (χ1n) is 8.32. The summed E-state index contributed by atoms with van der Waals surface area (Å²) in [5.74, 6) is 0.969. The van der Waals surface area contributed by atoms with Gasteiger partial charge in [-0.25, -0.2) is 0 Å². The third kappa shape index (κ3) is 5.65. The molecule has 136 valence electrons. The molecule has 1 unspecified atom stereocenters. The number of halogens is 1. The average Bonchev–Trinajstić information content (AvgIpc) is 2.88. The minimum absolute atomic E-state index is 0. The predicted molar refractivity (Wildman–Crippen MR) is 99.9 cm³/mol. The van der Waals surface area contributed by atoms with Crippen molar-refractivity contribution in [2.75, 3.05) is 39.3 Å². The quantitative estimate of drug-likeness (QED) is 0.733. The summed E-state index contributed by atoms with van der Waals surface area (Å²) in [5, 5.41) is 2.93. The fourth-order valence-electron chi connectivity index (χ4n) is 3.06. The number of nitrogens with zero attached hydrogens (tertiary/aromatic N) is 1. The zero-order valence-electron chi connectivity index (χ0n) is 14.9. The largest absolute Gasteiger partial charge is 0.491 e. The zero-order chi connectivity index (χ0) is 16.9. The summed E-state index contributed by atoms with van der Waals surface area (Å²) in [5.41, 5.74) is 8.19. The van der Waals surface area contributed by atoms with E-state index in [0.29, 0.717) is 26.2 Å². The molecule has 3 N–H and O–H groups in total. The van der Waals surface area contributed by atoms with Gasteiger partial charge in [0.15, 0.2) is 0 Å². The molecule has 1 aromatic carbocycles. The van der Waals surface area contributed by atoms with Gasteiger partial charge in [0.25, 0.3) is 0 Å². The van der Waals surface area contributed by atoms with Gasteiger partial charge in [-0.3, -0.25) is 9.69 Å². The second kappa shape index (κ2) is 9.25. The number of likely N-dealkylation sites (tertiary alicyclic amines) is 1. The molecule has 2 rings (SSSR count). The van der Waals surface area contributed by atoms with Crippen molar-refractivity contribution in [3.05, 3.63) is 29.3 Å². The molecular weight excluding hydrogens is 326 g/mol. The van der Waals surface area contributed by atoms with E-state index in [4.69, 9.17) is 10.5 Å². The molecule has 24 heavy (non-hydrogen) atoms. The molecule has 1 heterocycles. The van der Waals surface area contributed by atoms with Crippen LogP contribution in [0.4, 0.5) is 0 Å². The lowest BCUT2D eigenvalue weighted by Crippen LogP contribution is -2.39. The van der Waals surface area contributed by atoms with E-state index < -0.39 is 0 Å². The van der Waals surface area contributed by atoms with Gasteiger partial charge in [-0.15, -0.1) is 12.4 Å². The molecule has 6 heteroatoms. The Morgan fingerprint density at radius 3 is 2.62 bits per heavy atom. The summed E-state index contributed by atoms with van der Waals surface area (Å²) in [6.45, 7) is 10.2. The van der Waals surface area contributed by atoms with E-state index in [-0.39, 0.29) is 23.7 Å². The van der Waals surface area contributed by atoms with Gasteiger partial charge in [0.05, 0.1) is 13.1 Å². The minimum atomic E-state index is 0. The van der Waals surface area contributed by atoms with Gasteiger partial charge in [0, 0.05) is 6.54 Å². The Morgan fingerprint density at radius 2 is 2.04 bits per heavy atom. The van der Waals surface area contributed by atoms with Crippen molar-refractivity contribution in [2.24, 2.45) is 11.1 Å². The second-order valence-corrected chi connectivity index (χ2v) is 6.89. The molecule has 5 nitrogen and oxygen atoms in total. The van der Waals surface area contributed by atoms with Crippen LogP contribution in [0.15, 0.2) is 18.2 Å². The Kier molecular flexibility index (Phi) is 8.00. The molecule has 1 fully saturated rings. The lowest BCUT2D eigenvalue weighted by atomic mass is 9.90. The number of ether oxygens (including phenoxy) is 1. The maximum Gasteiger partial charge on any atom is 0.234 e. The smallest absolute Gasteiger partial charge is 0.234 e. The highest BCUT2D eigenvalue weighted by Crippen LogP contribution is 2.27. The SMILES string of the molecule is Cc1cccc(C)c1OCCNC(=O)CN1CCC(C)(CN)C1.Cl. The predicted octanol–water partition coefficient (Wildman–Crippen LogP) is 1.89. The molecule has 1 atom stereocenters. The van der Waals surface area contributed by atoms with E-state index >= 15 is 0 Å². The van der Waals surface area contributed by atoms with Gasteiger partial charge in [0.1, 0.15) is 12.4 Å². The van der Waals surface area contributed by atoms with Gasteiger partial charge in [0.2, 0.25) is 5.91 Å². The highest BCUT2D eigenvalue weighted by molar-refractivity contribution is 5.85. The van der Waals surface area contributed by atoms with Crippen LogP contribution in [0.3, 0.4) is 0 Å². The number of nitrogens with one attached hydrogen (secondary N) is 1. The lowest BCUT2D eigenvalue weighted by molar-refractivity contribution is -0.122. The number of carbonyl (C=O) groups is 1. The van der Waals surface area contributed by atoms with Crippen LogP contribution >= 0.6 is 12.4 Å². The van der Waals surface area contributed by atoms with Crippen molar-refractivity contribution in [3.8, 4) is 5.75 Å². The summed E-state index contributed by atoms with van der Waals surface area (Å²) in [6, 6.07) is 6.08. The number of amides is 1.